The molecule has 0 aliphatic rings. The molecule has 0 aliphatic heterocycles. The second-order valence-electron chi connectivity index (χ2n) is 6.82. The van der Waals surface area contributed by atoms with Gasteiger partial charge in [0.25, 0.3) is 5.91 Å². The SMILES string of the molecule is CN[S+]([O-])Nc1cccc(Cc2cc(C(N)=O)c(Nc3ccc(C)cc3F)c(F)c2F)n1. The van der Waals surface area contributed by atoms with E-state index in [-0.39, 0.29) is 29.1 Å². The molecule has 11 heteroatoms. The highest BCUT2D eigenvalue weighted by molar-refractivity contribution is 7.90. The van der Waals surface area contributed by atoms with Crippen LogP contribution < -0.4 is 20.5 Å². The first-order valence-electron chi connectivity index (χ1n) is 9.35. The zero-order valence-electron chi connectivity index (χ0n) is 17.1. The third kappa shape index (κ3) is 5.31. The number of nitrogens with zero attached hydrogens (tertiary/aromatic N) is 1. The lowest BCUT2D eigenvalue weighted by atomic mass is 10.0. The lowest BCUT2D eigenvalue weighted by Crippen LogP contribution is -2.26. The summed E-state index contributed by atoms with van der Waals surface area (Å²) < 4.78 is 60.6. The number of benzene rings is 2. The number of carbonyl (C=O) groups is 1. The van der Waals surface area contributed by atoms with E-state index >= 15 is 0 Å². The predicted octanol–water partition coefficient (Wildman–Crippen LogP) is 3.45. The van der Waals surface area contributed by atoms with Crippen molar-refractivity contribution < 1.29 is 22.5 Å². The molecule has 1 aromatic heterocycles. The molecule has 5 N–H and O–H groups in total. The average molecular weight is 463 g/mol. The number of aromatic nitrogens is 1. The van der Waals surface area contributed by atoms with Crippen molar-refractivity contribution in [3.8, 4) is 0 Å². The first-order valence-corrected chi connectivity index (χ1v) is 10.5. The van der Waals surface area contributed by atoms with Gasteiger partial charge in [0.15, 0.2) is 29.0 Å². The maximum absolute atomic E-state index is 14.9. The second-order valence-corrected chi connectivity index (χ2v) is 7.97. The van der Waals surface area contributed by atoms with Gasteiger partial charge in [-0.2, -0.15) is 4.72 Å². The number of primary amides is 1. The van der Waals surface area contributed by atoms with E-state index in [0.29, 0.717) is 11.3 Å². The highest BCUT2D eigenvalue weighted by Gasteiger charge is 2.23. The van der Waals surface area contributed by atoms with E-state index in [0.717, 1.165) is 6.07 Å². The van der Waals surface area contributed by atoms with Crippen LogP contribution in [0.4, 0.5) is 30.4 Å². The van der Waals surface area contributed by atoms with Crippen molar-refractivity contribution in [1.29, 1.82) is 0 Å². The smallest absolute Gasteiger partial charge is 0.250 e. The van der Waals surface area contributed by atoms with Crippen molar-refractivity contribution in [3.05, 3.63) is 82.3 Å². The molecule has 7 nitrogen and oxygen atoms in total. The molecule has 1 heterocycles. The Bertz CT molecular complexity index is 1160. The number of hydrogen-bond donors (Lipinski definition) is 4. The highest BCUT2D eigenvalue weighted by Crippen LogP contribution is 2.31. The van der Waals surface area contributed by atoms with Gasteiger partial charge in [0.2, 0.25) is 0 Å². The minimum absolute atomic E-state index is 0.137. The van der Waals surface area contributed by atoms with Crippen molar-refractivity contribution in [2.45, 2.75) is 13.3 Å². The minimum atomic E-state index is -1.57. The van der Waals surface area contributed by atoms with Crippen molar-refractivity contribution in [1.82, 2.24) is 9.71 Å². The summed E-state index contributed by atoms with van der Waals surface area (Å²) in [5.41, 5.74) is 5.12. The first-order chi connectivity index (χ1) is 15.2. The zero-order chi connectivity index (χ0) is 23.4. The van der Waals surface area contributed by atoms with Gasteiger partial charge < -0.3 is 15.6 Å². The molecule has 0 bridgehead atoms. The molecule has 0 aliphatic carbocycles. The second kappa shape index (κ2) is 9.90. The molecule has 2 aromatic carbocycles. The van der Waals surface area contributed by atoms with E-state index in [9.17, 15) is 22.5 Å². The van der Waals surface area contributed by atoms with Crippen LogP contribution in [0, 0.1) is 24.4 Å². The first kappa shape index (κ1) is 23.4. The van der Waals surface area contributed by atoms with Crippen LogP contribution in [0.2, 0.25) is 0 Å². The molecule has 168 valence electrons. The lowest BCUT2D eigenvalue weighted by Gasteiger charge is -2.15. The number of anilines is 3. The van der Waals surface area contributed by atoms with Gasteiger partial charge in [-0.25, -0.2) is 18.2 Å². The van der Waals surface area contributed by atoms with E-state index in [4.69, 9.17) is 5.73 Å². The van der Waals surface area contributed by atoms with E-state index in [2.05, 4.69) is 19.7 Å². The van der Waals surface area contributed by atoms with E-state index in [1.807, 2.05) is 0 Å². The van der Waals surface area contributed by atoms with Gasteiger partial charge in [-0.3, -0.25) is 4.79 Å². The summed E-state index contributed by atoms with van der Waals surface area (Å²) in [7, 11) is 1.48. The number of nitrogens with one attached hydrogen (secondary N) is 3. The fraction of sp³-hybridized carbons (Fsp3) is 0.143. The Morgan fingerprint density at radius 2 is 1.91 bits per heavy atom. The summed E-state index contributed by atoms with van der Waals surface area (Å²) in [5.74, 6) is -4.07. The Labute approximate surface area is 185 Å². The summed E-state index contributed by atoms with van der Waals surface area (Å²) in [6.07, 6.45) is -0.177. The largest absolute Gasteiger partial charge is 0.574 e. The average Bonchev–Trinajstić information content (AvgIpc) is 2.74. The van der Waals surface area contributed by atoms with Crippen LogP contribution in [0.25, 0.3) is 0 Å². The van der Waals surface area contributed by atoms with Crippen molar-refractivity contribution in [2.75, 3.05) is 17.1 Å². The summed E-state index contributed by atoms with van der Waals surface area (Å²) in [6, 6.07) is 9.93. The Hall–Kier alpha value is -3.28. The highest BCUT2D eigenvalue weighted by atomic mass is 32.2. The molecule has 1 atom stereocenters. The van der Waals surface area contributed by atoms with E-state index in [1.54, 1.807) is 31.2 Å². The van der Waals surface area contributed by atoms with Gasteiger partial charge in [-0.05, 0) is 48.4 Å². The van der Waals surface area contributed by atoms with Crippen LogP contribution in [0.15, 0.2) is 42.5 Å². The van der Waals surface area contributed by atoms with Crippen LogP contribution in [-0.2, 0) is 18.0 Å². The monoisotopic (exact) mass is 463 g/mol. The van der Waals surface area contributed by atoms with E-state index in [1.165, 1.54) is 19.2 Å². The molecule has 1 amide bonds. The van der Waals surface area contributed by atoms with E-state index < -0.39 is 40.6 Å². The van der Waals surface area contributed by atoms with Gasteiger partial charge in [0, 0.05) is 19.2 Å². The number of rotatable bonds is 8. The number of hydrogen-bond acceptors (Lipinski definition) is 6. The van der Waals surface area contributed by atoms with Crippen LogP contribution in [0.3, 0.4) is 0 Å². The van der Waals surface area contributed by atoms with Gasteiger partial charge >= 0.3 is 0 Å². The summed E-state index contributed by atoms with van der Waals surface area (Å²) in [5, 5.41) is 2.43. The van der Waals surface area contributed by atoms with Gasteiger partial charge in [0.1, 0.15) is 5.82 Å². The fourth-order valence-corrected chi connectivity index (χ4v) is 3.36. The Balaban J connectivity index is 1.97. The molecule has 0 saturated carbocycles. The predicted molar refractivity (Wildman–Crippen MR) is 117 cm³/mol. The number of aryl methyl sites for hydroxylation is 1. The van der Waals surface area contributed by atoms with Crippen LogP contribution >= 0.6 is 0 Å². The van der Waals surface area contributed by atoms with Crippen LogP contribution in [0.5, 0.6) is 0 Å². The standard InChI is InChI=1S/C21H20F3N5O2S/c1-11-6-7-16(15(22)8-11)28-20-14(21(25)30)10-12(18(23)19(20)24)9-13-4-3-5-17(27-13)29-32(31)26-2/h3-8,10,26,28H,9H2,1-2H3,(H2,25,30)(H,27,29). The third-order valence-electron chi connectivity index (χ3n) is 4.49. The van der Waals surface area contributed by atoms with Crippen molar-refractivity contribution in [2.24, 2.45) is 5.73 Å². The maximum Gasteiger partial charge on any atom is 0.250 e. The Kier molecular flexibility index (Phi) is 7.23. The molecular weight excluding hydrogens is 443 g/mol. The molecule has 0 spiro atoms. The summed E-state index contributed by atoms with van der Waals surface area (Å²) >= 11 is -1.57. The quantitative estimate of drug-likeness (QED) is 0.381. The topological polar surface area (TPSA) is 115 Å². The molecule has 0 fully saturated rings. The Morgan fingerprint density at radius 3 is 2.56 bits per heavy atom. The molecule has 0 saturated heterocycles. The maximum atomic E-state index is 14.9. The molecule has 32 heavy (non-hydrogen) atoms. The summed E-state index contributed by atoms with van der Waals surface area (Å²) in [6.45, 7) is 1.67. The molecule has 0 radical (unpaired) electrons. The van der Waals surface area contributed by atoms with Crippen LogP contribution in [0.1, 0.15) is 27.2 Å². The van der Waals surface area contributed by atoms with Gasteiger partial charge in [-0.15, -0.1) is 4.72 Å². The summed E-state index contributed by atoms with van der Waals surface area (Å²) in [4.78, 5) is 16.2. The zero-order valence-corrected chi connectivity index (χ0v) is 17.9. The number of carbonyl (C=O) groups excluding carboxylic acids is 1. The third-order valence-corrected chi connectivity index (χ3v) is 5.26. The molecule has 3 aromatic rings. The number of amides is 1. The molecule has 3 rings (SSSR count). The van der Waals surface area contributed by atoms with Crippen LogP contribution in [-0.4, -0.2) is 22.5 Å². The normalized spacial score (nSPS) is 11.8. The molecular formula is C21H20F3N5O2S. The van der Waals surface area contributed by atoms with Crippen molar-refractivity contribution in [3.63, 3.8) is 0 Å². The van der Waals surface area contributed by atoms with Gasteiger partial charge in [-0.1, -0.05) is 12.1 Å². The fourth-order valence-electron chi connectivity index (χ4n) is 2.96. The Morgan fingerprint density at radius 1 is 1.16 bits per heavy atom. The number of nitrogens with two attached hydrogens (primary N) is 1. The molecule has 1 unspecified atom stereocenters. The van der Waals surface area contributed by atoms with Crippen molar-refractivity contribution >= 4 is 34.6 Å². The lowest BCUT2D eigenvalue weighted by molar-refractivity contribution is 0.100. The number of halogens is 3. The van der Waals surface area contributed by atoms with Gasteiger partial charge in [0.05, 0.1) is 16.9 Å². The minimum Gasteiger partial charge on any atom is -0.574 e. The number of pyridine rings is 1.